The van der Waals surface area contributed by atoms with Gasteiger partial charge in [0.2, 0.25) is 17.8 Å². The zero-order chi connectivity index (χ0) is 18.1. The van der Waals surface area contributed by atoms with Crippen molar-refractivity contribution in [3.63, 3.8) is 0 Å². The number of benzene rings is 2. The number of hydrogen-bond acceptors (Lipinski definition) is 4. The predicted molar refractivity (Wildman–Crippen MR) is 98.9 cm³/mol. The normalized spacial score (nSPS) is 16.2. The van der Waals surface area contributed by atoms with Gasteiger partial charge in [-0.05, 0) is 17.9 Å². The number of amides is 2. The molecule has 26 heavy (non-hydrogen) atoms. The maximum atomic E-state index is 12.9. The van der Waals surface area contributed by atoms with E-state index in [-0.39, 0.29) is 18.2 Å². The first-order chi connectivity index (χ1) is 12.7. The topological polar surface area (TPSA) is 88.9 Å². The first kappa shape index (κ1) is 16.3. The Bertz CT molecular complexity index is 989. The van der Waals surface area contributed by atoms with E-state index in [4.69, 9.17) is 0 Å². The summed E-state index contributed by atoms with van der Waals surface area (Å²) in [7, 11) is 0. The SMILES string of the molecule is CCCc1nc2n(n1)[C@@H](C(=O)Nc1cccc3ccccc13)CC(=O)N2. The molecule has 132 valence electrons. The molecule has 2 N–H and O–H groups in total. The monoisotopic (exact) mass is 349 g/mol. The van der Waals surface area contributed by atoms with Crippen molar-refractivity contribution < 1.29 is 9.59 Å². The summed E-state index contributed by atoms with van der Waals surface area (Å²) in [5.41, 5.74) is 0.717. The maximum Gasteiger partial charge on any atom is 0.249 e. The summed E-state index contributed by atoms with van der Waals surface area (Å²) >= 11 is 0. The molecule has 2 heterocycles. The molecule has 2 aromatic carbocycles. The van der Waals surface area contributed by atoms with Crippen LogP contribution in [0.5, 0.6) is 0 Å². The van der Waals surface area contributed by atoms with Gasteiger partial charge in [-0.15, -0.1) is 0 Å². The first-order valence-electron chi connectivity index (χ1n) is 8.69. The minimum atomic E-state index is -0.712. The molecule has 1 atom stereocenters. The third-order valence-electron chi connectivity index (χ3n) is 4.42. The number of hydrogen-bond donors (Lipinski definition) is 2. The molecule has 0 fully saturated rings. The van der Waals surface area contributed by atoms with Gasteiger partial charge in [0.05, 0.1) is 6.42 Å². The van der Waals surface area contributed by atoms with E-state index in [1.165, 1.54) is 4.68 Å². The molecule has 1 aliphatic heterocycles. The fourth-order valence-electron chi connectivity index (χ4n) is 3.19. The smallest absolute Gasteiger partial charge is 0.249 e. The molecule has 0 saturated carbocycles. The van der Waals surface area contributed by atoms with E-state index in [2.05, 4.69) is 20.7 Å². The van der Waals surface area contributed by atoms with Crippen LogP contribution in [0.1, 0.15) is 31.6 Å². The van der Waals surface area contributed by atoms with Gasteiger partial charge in [-0.2, -0.15) is 10.1 Å². The van der Waals surface area contributed by atoms with E-state index < -0.39 is 6.04 Å². The Labute approximate surface area is 150 Å². The highest BCUT2D eigenvalue weighted by molar-refractivity contribution is 6.05. The summed E-state index contributed by atoms with van der Waals surface area (Å²) in [6, 6.07) is 12.9. The Morgan fingerprint density at radius 2 is 2.08 bits per heavy atom. The van der Waals surface area contributed by atoms with Crippen LogP contribution >= 0.6 is 0 Å². The predicted octanol–water partition coefficient (Wildman–Crippen LogP) is 2.91. The third-order valence-corrected chi connectivity index (χ3v) is 4.42. The molecule has 3 aromatic rings. The van der Waals surface area contributed by atoms with Crippen LogP contribution in [0.4, 0.5) is 11.6 Å². The largest absolute Gasteiger partial charge is 0.324 e. The van der Waals surface area contributed by atoms with Gasteiger partial charge in [0.15, 0.2) is 5.82 Å². The minimum Gasteiger partial charge on any atom is -0.324 e. The standard InChI is InChI=1S/C19H19N5O2/c1-2-6-16-21-19-22-17(25)11-15(24(19)23-16)18(26)20-14-10-5-8-12-7-3-4-9-13(12)14/h3-5,7-10,15H,2,6,11H2,1H3,(H,20,26)(H,21,22,23,25)/t15-/m1/s1. The van der Waals surface area contributed by atoms with Gasteiger partial charge >= 0.3 is 0 Å². The van der Waals surface area contributed by atoms with E-state index >= 15 is 0 Å². The summed E-state index contributed by atoms with van der Waals surface area (Å²) in [6.45, 7) is 2.03. The first-order valence-corrected chi connectivity index (χ1v) is 8.69. The van der Waals surface area contributed by atoms with Crippen molar-refractivity contribution in [1.29, 1.82) is 0 Å². The molecule has 0 radical (unpaired) electrons. The second-order valence-corrected chi connectivity index (χ2v) is 6.33. The van der Waals surface area contributed by atoms with Crippen LogP contribution in [0.25, 0.3) is 10.8 Å². The number of anilines is 2. The molecule has 0 bridgehead atoms. The number of rotatable bonds is 4. The molecule has 7 nitrogen and oxygen atoms in total. The zero-order valence-corrected chi connectivity index (χ0v) is 14.4. The highest BCUT2D eigenvalue weighted by Gasteiger charge is 2.33. The van der Waals surface area contributed by atoms with Gasteiger partial charge in [-0.1, -0.05) is 43.3 Å². The lowest BCUT2D eigenvalue weighted by atomic mass is 10.1. The van der Waals surface area contributed by atoms with E-state index in [1.807, 2.05) is 49.4 Å². The van der Waals surface area contributed by atoms with Gasteiger partial charge in [0, 0.05) is 17.5 Å². The summed E-state index contributed by atoms with van der Waals surface area (Å²) in [5.74, 6) is 0.465. The summed E-state index contributed by atoms with van der Waals surface area (Å²) in [4.78, 5) is 29.2. The van der Waals surface area contributed by atoms with Crippen molar-refractivity contribution in [2.24, 2.45) is 0 Å². The van der Waals surface area contributed by atoms with Crippen LogP contribution < -0.4 is 10.6 Å². The quantitative estimate of drug-likeness (QED) is 0.758. The van der Waals surface area contributed by atoms with Gasteiger partial charge in [-0.3, -0.25) is 14.9 Å². The molecule has 7 heteroatoms. The van der Waals surface area contributed by atoms with Crippen molar-refractivity contribution in [2.75, 3.05) is 10.6 Å². The van der Waals surface area contributed by atoms with Crippen molar-refractivity contribution in [3.8, 4) is 0 Å². The van der Waals surface area contributed by atoms with Crippen LogP contribution in [0, 0.1) is 0 Å². The van der Waals surface area contributed by atoms with E-state index in [9.17, 15) is 9.59 Å². The molecule has 1 aliphatic rings. The lowest BCUT2D eigenvalue weighted by Crippen LogP contribution is -2.36. The summed E-state index contributed by atoms with van der Waals surface area (Å²) in [6.07, 6.45) is 1.64. The zero-order valence-electron chi connectivity index (χ0n) is 14.4. The van der Waals surface area contributed by atoms with Crippen LogP contribution in [-0.2, 0) is 16.0 Å². The molecular formula is C19H19N5O2. The molecule has 1 aromatic heterocycles. The van der Waals surface area contributed by atoms with Gasteiger partial charge in [0.1, 0.15) is 6.04 Å². The van der Waals surface area contributed by atoms with Crippen LogP contribution in [0.15, 0.2) is 42.5 Å². The molecule has 2 amide bonds. The Hall–Kier alpha value is -3.22. The molecule has 4 rings (SSSR count). The molecule has 0 unspecified atom stereocenters. The fraction of sp³-hybridized carbons (Fsp3) is 0.263. The van der Waals surface area contributed by atoms with Gasteiger partial charge in [-0.25, -0.2) is 4.68 Å². The fourth-order valence-corrected chi connectivity index (χ4v) is 3.19. The molecular weight excluding hydrogens is 330 g/mol. The number of nitrogens with zero attached hydrogens (tertiary/aromatic N) is 3. The Balaban J connectivity index is 1.65. The van der Waals surface area contributed by atoms with Crippen molar-refractivity contribution in [1.82, 2.24) is 14.8 Å². The highest BCUT2D eigenvalue weighted by atomic mass is 16.2. The van der Waals surface area contributed by atoms with Crippen molar-refractivity contribution in [3.05, 3.63) is 48.3 Å². The number of aromatic nitrogens is 3. The van der Waals surface area contributed by atoms with Crippen LogP contribution in [0.3, 0.4) is 0 Å². The second kappa shape index (κ2) is 6.59. The molecule has 0 aliphatic carbocycles. The highest BCUT2D eigenvalue weighted by Crippen LogP contribution is 2.27. The van der Waals surface area contributed by atoms with Gasteiger partial charge in [0.25, 0.3) is 0 Å². The number of carbonyl (C=O) groups excluding carboxylic acids is 2. The number of nitrogens with one attached hydrogen (secondary N) is 2. The summed E-state index contributed by atoms with van der Waals surface area (Å²) < 4.78 is 1.52. The maximum absolute atomic E-state index is 12.9. The van der Waals surface area contributed by atoms with E-state index in [0.717, 1.165) is 22.9 Å². The Morgan fingerprint density at radius 1 is 1.27 bits per heavy atom. The third kappa shape index (κ3) is 2.92. The lowest BCUT2D eigenvalue weighted by molar-refractivity contribution is -0.125. The average molecular weight is 349 g/mol. The number of aryl methyl sites for hydroxylation is 1. The average Bonchev–Trinajstić information content (AvgIpc) is 3.03. The van der Waals surface area contributed by atoms with E-state index in [0.29, 0.717) is 18.2 Å². The molecule has 0 spiro atoms. The van der Waals surface area contributed by atoms with Crippen LogP contribution in [0.2, 0.25) is 0 Å². The Morgan fingerprint density at radius 3 is 2.92 bits per heavy atom. The van der Waals surface area contributed by atoms with Crippen molar-refractivity contribution >= 4 is 34.2 Å². The minimum absolute atomic E-state index is 0.0402. The molecule has 0 saturated heterocycles. The van der Waals surface area contributed by atoms with E-state index in [1.54, 1.807) is 0 Å². The summed E-state index contributed by atoms with van der Waals surface area (Å²) in [5, 5.41) is 12.0. The Kier molecular flexibility index (Phi) is 4.12. The second-order valence-electron chi connectivity index (χ2n) is 6.33. The van der Waals surface area contributed by atoms with Gasteiger partial charge < -0.3 is 5.32 Å². The number of fused-ring (bicyclic) bond motifs is 2. The number of carbonyl (C=O) groups is 2. The van der Waals surface area contributed by atoms with Crippen molar-refractivity contribution in [2.45, 2.75) is 32.2 Å². The lowest BCUT2D eigenvalue weighted by Gasteiger charge is -2.22. The van der Waals surface area contributed by atoms with Crippen LogP contribution in [-0.4, -0.2) is 26.6 Å².